The molecule has 0 radical (unpaired) electrons. The summed E-state index contributed by atoms with van der Waals surface area (Å²) in [6.07, 6.45) is 1.11. The number of phenols is 4. The van der Waals surface area contributed by atoms with Gasteiger partial charge in [-0.15, -0.1) is 0 Å². The average Bonchev–Trinajstić information content (AvgIpc) is 0.770. The lowest BCUT2D eigenvalue weighted by atomic mass is 9.79. The minimum atomic E-state index is -1.86. The molecule has 117 heavy (non-hydrogen) atoms. The van der Waals surface area contributed by atoms with Crippen molar-refractivity contribution >= 4 is 23.9 Å². The van der Waals surface area contributed by atoms with Crippen molar-refractivity contribution in [3.8, 4) is 46.0 Å². The van der Waals surface area contributed by atoms with Crippen LogP contribution in [0.25, 0.3) is 0 Å². The molecule has 4 heterocycles. The van der Waals surface area contributed by atoms with Crippen molar-refractivity contribution in [3.63, 3.8) is 0 Å². The van der Waals surface area contributed by atoms with Crippen LogP contribution in [-0.4, -0.2) is 97.2 Å². The zero-order valence-electron chi connectivity index (χ0n) is 73.7. The molecular weight excluding hydrogens is 1470 g/mol. The summed E-state index contributed by atoms with van der Waals surface area (Å²) in [7, 11) is 0. The number of carbonyl (C=O) groups excluding carboxylic acids is 4. The van der Waals surface area contributed by atoms with Gasteiger partial charge in [0.25, 0.3) is 0 Å². The highest BCUT2D eigenvalue weighted by Gasteiger charge is 2.41. The fraction of sp³-hybridized carbons (Fsp3) is 0.485. The van der Waals surface area contributed by atoms with E-state index in [-0.39, 0.29) is 74.4 Å². The maximum atomic E-state index is 15.2. The Hall–Kier alpha value is -9.96. The molecule has 0 aromatic heterocycles. The zero-order chi connectivity index (χ0) is 85.6. The van der Waals surface area contributed by atoms with Gasteiger partial charge in [-0.2, -0.15) is 0 Å². The van der Waals surface area contributed by atoms with Crippen LogP contribution in [0.2, 0.25) is 0 Å². The van der Waals surface area contributed by atoms with Crippen molar-refractivity contribution in [2.24, 2.45) is 5.41 Å². The Labute approximate surface area is 693 Å². The van der Waals surface area contributed by atoms with E-state index >= 15 is 19.2 Å². The lowest BCUT2D eigenvalue weighted by molar-refractivity contribution is -0.173. The minimum Gasteiger partial charge on any atom is -0.507 e. The van der Waals surface area contributed by atoms with Gasteiger partial charge >= 0.3 is 23.9 Å². The standard InChI is InChI=1S/C101H124O16/c1-93(2,3)73-33-57-25-65-41-77(97(13,14)15)43-67-27-59-35-74(94(4,5)6)36-60(86(59)107)28-68-44-78(98(16,17)18)42-66(26-58(34-73)85(57)106)90(68)111-50-82(103)115-54-101(53-114-81(102)49-110-89(65)67)55-116-83(104)51-112-91-69-29-61-37-75(95(7,8)9)38-62(87(61)108)30-70-46-80(100(22,23)24)48-72(92(70)113-52-84(105)117-56-101)32-64-40-76(96(10,11)12)39-63(88(64)109)31-71(91)47-79(45-69)99(19,20)21/h33-48,106-109H,25-32,49-56H2,1-24H3. The fourth-order valence-corrected chi connectivity index (χ4v) is 15.9. The molecule has 0 amide bonds. The predicted molar refractivity (Wildman–Crippen MR) is 458 cm³/mol. The fourth-order valence-electron chi connectivity index (χ4n) is 15.9. The number of esters is 4. The van der Waals surface area contributed by atoms with E-state index in [1.807, 2.05) is 48.5 Å². The molecule has 16 nitrogen and oxygen atoms in total. The number of phenolic OH excluding ortho intramolecular Hbond substituents is 4. The number of hydrogen-bond donors (Lipinski definition) is 4. The molecule has 2 aliphatic carbocycles. The van der Waals surface area contributed by atoms with Gasteiger partial charge in [0.1, 0.15) is 77.8 Å². The summed E-state index contributed by atoms with van der Waals surface area (Å²) in [5.74, 6) is -2.01. The van der Waals surface area contributed by atoms with Crippen LogP contribution in [0.1, 0.15) is 300 Å². The Balaban J connectivity index is 1.04. The van der Waals surface area contributed by atoms with E-state index in [4.69, 9.17) is 37.9 Å². The van der Waals surface area contributed by atoms with Crippen LogP contribution < -0.4 is 18.9 Å². The summed E-state index contributed by atoms with van der Waals surface area (Å²) >= 11 is 0. The Morgan fingerprint density at radius 2 is 0.325 bits per heavy atom. The van der Waals surface area contributed by atoms with E-state index in [0.717, 1.165) is 44.5 Å². The summed E-state index contributed by atoms with van der Waals surface area (Å²) in [5, 5.41) is 51.8. The van der Waals surface area contributed by atoms with Crippen molar-refractivity contribution in [2.75, 3.05) is 52.9 Å². The minimum absolute atomic E-state index is 0.0606. The van der Waals surface area contributed by atoms with Crippen LogP contribution in [0.3, 0.4) is 0 Å². The maximum Gasteiger partial charge on any atom is 0.344 e. The lowest BCUT2D eigenvalue weighted by Crippen LogP contribution is -2.45. The Morgan fingerprint density at radius 1 is 0.205 bits per heavy atom. The molecular formula is C101H124O16. The third kappa shape index (κ3) is 19.6. The lowest BCUT2D eigenvalue weighted by Gasteiger charge is -2.32. The molecule has 6 aliphatic rings. The van der Waals surface area contributed by atoms with Gasteiger partial charge in [-0.1, -0.05) is 263 Å². The third-order valence-corrected chi connectivity index (χ3v) is 23.5. The number of rotatable bonds is 0. The SMILES string of the molecule is CC(C)(C)c1cc2c(O)c(c1)Cc1cc(C(C)(C)C)cc3c1OCC(=O)OCC1(COC(=O)COc4c(cc(C(C)(C)C)cc4Cc4cc(C(C)(C)C)cc(c4O)C3)C2)COC(=O)COc2c3cc(C(C)(C)C)cc2Cc2cc(C(C)(C)C)cc(c2O)Cc2cc(C(C)(C)C)cc(c2OCC(=O)OC1)Cc1cc(C(C)(C)C)cc(c1O)C3. The van der Waals surface area contributed by atoms with Crippen LogP contribution in [0.5, 0.6) is 46.0 Å². The molecule has 624 valence electrons. The molecule has 1 spiro atoms. The van der Waals surface area contributed by atoms with Crippen molar-refractivity contribution in [2.45, 2.75) is 261 Å². The topological polar surface area (TPSA) is 223 Å². The number of ether oxygens (including phenoxy) is 8. The van der Waals surface area contributed by atoms with Crippen LogP contribution in [0.15, 0.2) is 97.1 Å². The predicted octanol–water partition coefficient (Wildman–Crippen LogP) is 19.6. The van der Waals surface area contributed by atoms with Gasteiger partial charge < -0.3 is 58.3 Å². The second kappa shape index (κ2) is 31.7. The summed E-state index contributed by atoms with van der Waals surface area (Å²) in [4.78, 5) is 60.6. The molecule has 8 aromatic rings. The molecule has 0 atom stereocenters. The smallest absolute Gasteiger partial charge is 0.344 e. The monoisotopic (exact) mass is 1590 g/mol. The van der Waals surface area contributed by atoms with Crippen LogP contribution in [-0.2, 0) is 133 Å². The first kappa shape index (κ1) is 86.4. The molecule has 16 heteroatoms. The normalized spacial score (nSPS) is 16.5. The highest BCUT2D eigenvalue weighted by Crippen LogP contribution is 2.48. The van der Waals surface area contributed by atoms with Gasteiger partial charge in [-0.05, 0) is 177 Å². The second-order valence-corrected chi connectivity index (χ2v) is 41.8. The largest absolute Gasteiger partial charge is 0.507 e. The van der Waals surface area contributed by atoms with Crippen LogP contribution in [0.4, 0.5) is 0 Å². The van der Waals surface area contributed by atoms with Gasteiger partial charge in [0.15, 0.2) is 26.4 Å². The highest BCUT2D eigenvalue weighted by molar-refractivity contribution is 5.75. The number of benzene rings is 8. The second-order valence-electron chi connectivity index (χ2n) is 41.8. The van der Waals surface area contributed by atoms with E-state index in [9.17, 15) is 20.4 Å². The Bertz CT molecular complexity index is 4380. The van der Waals surface area contributed by atoms with Gasteiger partial charge in [0.05, 0.1) is 0 Å². The molecule has 0 unspecified atom stereocenters. The Morgan fingerprint density at radius 3 is 0.444 bits per heavy atom. The highest BCUT2D eigenvalue weighted by atomic mass is 16.6. The van der Waals surface area contributed by atoms with Crippen molar-refractivity contribution < 1.29 is 77.5 Å². The first-order chi connectivity index (χ1) is 54.2. The van der Waals surface area contributed by atoms with E-state index in [2.05, 4.69) is 215 Å². The summed E-state index contributed by atoms with van der Waals surface area (Å²) < 4.78 is 53.1. The number of fused-ring (bicyclic) bond motifs is 16. The van der Waals surface area contributed by atoms with E-state index in [1.54, 1.807) is 0 Å². The quantitative estimate of drug-likeness (QED) is 0.0818. The molecule has 8 aromatic carbocycles. The molecule has 0 saturated heterocycles. The average molecular weight is 1590 g/mol. The summed E-state index contributed by atoms with van der Waals surface area (Å²) in [6, 6.07) is 32.7. The maximum absolute atomic E-state index is 15.2. The van der Waals surface area contributed by atoms with Crippen LogP contribution >= 0.6 is 0 Å². The van der Waals surface area contributed by atoms with Crippen molar-refractivity contribution in [3.05, 3.63) is 231 Å². The molecule has 0 fully saturated rings. The molecule has 4 aliphatic heterocycles. The first-order valence-corrected chi connectivity index (χ1v) is 41.4. The van der Waals surface area contributed by atoms with Crippen molar-refractivity contribution in [1.82, 2.24) is 0 Å². The molecule has 4 N–H and O–H groups in total. The van der Waals surface area contributed by atoms with Crippen molar-refractivity contribution in [1.29, 1.82) is 0 Å². The molecule has 20 bridgehead atoms. The Kier molecular flexibility index (Phi) is 23.4. The van der Waals surface area contributed by atoms with Gasteiger partial charge in [-0.3, -0.25) is 0 Å². The molecule has 0 saturated carbocycles. The zero-order valence-corrected chi connectivity index (χ0v) is 73.7. The first-order valence-electron chi connectivity index (χ1n) is 41.4. The van der Waals surface area contributed by atoms with Gasteiger partial charge in [0.2, 0.25) is 0 Å². The van der Waals surface area contributed by atoms with Gasteiger partial charge in [0, 0.05) is 51.4 Å². The molecule has 14 rings (SSSR count). The van der Waals surface area contributed by atoms with Gasteiger partial charge in [-0.25, -0.2) is 19.2 Å². The number of hydrogen-bond acceptors (Lipinski definition) is 16. The van der Waals surface area contributed by atoms with E-state index < -0.39 is 125 Å². The third-order valence-electron chi connectivity index (χ3n) is 23.5. The summed E-state index contributed by atoms with van der Waals surface area (Å²) in [5.41, 5.74) is 12.4. The number of aromatic hydroxyl groups is 4. The van der Waals surface area contributed by atoms with Crippen LogP contribution in [0, 0.1) is 5.41 Å². The van der Waals surface area contributed by atoms with E-state index in [1.165, 1.54) is 0 Å². The summed E-state index contributed by atoms with van der Waals surface area (Å²) in [6.45, 7) is 45.5. The van der Waals surface area contributed by atoms with E-state index in [0.29, 0.717) is 112 Å². The number of carbonyl (C=O) groups is 4.